The Morgan fingerprint density at radius 3 is 2.57 bits per heavy atom. The molecule has 1 aromatic heterocycles. The van der Waals surface area contributed by atoms with Gasteiger partial charge in [-0.25, -0.2) is 0 Å². The highest BCUT2D eigenvalue weighted by atomic mass is 35.5. The largest absolute Gasteiger partial charge is 0.412 e. The van der Waals surface area contributed by atoms with Gasteiger partial charge in [0, 0.05) is 17.1 Å². The molecule has 3 aromatic rings. The van der Waals surface area contributed by atoms with Gasteiger partial charge in [0.25, 0.3) is 0 Å². The van der Waals surface area contributed by atoms with Crippen molar-refractivity contribution in [3.63, 3.8) is 0 Å². The van der Waals surface area contributed by atoms with Gasteiger partial charge in [-0.3, -0.25) is 4.79 Å². The molecule has 0 spiro atoms. The number of carbonyl (C=O) groups is 1. The Labute approximate surface area is 138 Å². The molecule has 0 atom stereocenters. The molecule has 23 heavy (non-hydrogen) atoms. The van der Waals surface area contributed by atoms with E-state index in [2.05, 4.69) is 15.5 Å². The maximum atomic E-state index is 12.0. The third kappa shape index (κ3) is 3.76. The van der Waals surface area contributed by atoms with Gasteiger partial charge in [-0.1, -0.05) is 48.0 Å². The Morgan fingerprint density at radius 2 is 1.78 bits per heavy atom. The van der Waals surface area contributed by atoms with Crippen molar-refractivity contribution >= 4 is 17.5 Å². The number of rotatable bonds is 5. The highest BCUT2D eigenvalue weighted by Gasteiger charge is 2.15. The Morgan fingerprint density at radius 1 is 1.04 bits per heavy atom. The first-order chi connectivity index (χ1) is 11.2. The first kappa shape index (κ1) is 15.2. The molecule has 0 aliphatic carbocycles. The number of nitrogens with zero attached hydrogens (tertiary/aromatic N) is 2. The van der Waals surface area contributed by atoms with Crippen LogP contribution in [0.5, 0.6) is 0 Å². The predicted molar refractivity (Wildman–Crippen MR) is 87.2 cm³/mol. The number of benzene rings is 2. The molecule has 1 N–H and O–H groups in total. The van der Waals surface area contributed by atoms with Crippen LogP contribution in [0.15, 0.2) is 59.0 Å². The Balaban J connectivity index is 1.59. The van der Waals surface area contributed by atoms with Gasteiger partial charge in [-0.15, -0.1) is 10.2 Å². The lowest BCUT2D eigenvalue weighted by Crippen LogP contribution is -2.26. The summed E-state index contributed by atoms with van der Waals surface area (Å²) in [4.78, 5) is 12.0. The summed E-state index contributed by atoms with van der Waals surface area (Å²) >= 11 is 6.07. The fourth-order valence-electron chi connectivity index (χ4n) is 2.10. The first-order valence-corrected chi connectivity index (χ1v) is 7.52. The molecule has 0 aliphatic rings. The number of halogens is 1. The van der Waals surface area contributed by atoms with Crippen LogP contribution in [0.2, 0.25) is 5.02 Å². The fourth-order valence-corrected chi connectivity index (χ4v) is 2.33. The molecule has 5 nitrogen and oxygen atoms in total. The average Bonchev–Trinajstić information content (AvgIpc) is 3.07. The van der Waals surface area contributed by atoms with Crippen molar-refractivity contribution in [2.45, 2.75) is 6.42 Å². The number of hydrogen-bond acceptors (Lipinski definition) is 4. The average molecular weight is 328 g/mol. The van der Waals surface area contributed by atoms with E-state index in [1.165, 1.54) is 0 Å². The molecule has 116 valence electrons. The highest BCUT2D eigenvalue weighted by Crippen LogP contribution is 2.17. The standard InChI is InChI=1S/C17H14ClN3O2/c18-14-9-5-4-6-12(14)10-11-19-15(22)17-21-20-16(23-17)13-7-2-1-3-8-13/h1-9H,10-11H2,(H,19,22). The molecule has 1 amide bonds. The zero-order valence-corrected chi connectivity index (χ0v) is 13.0. The van der Waals surface area contributed by atoms with E-state index in [4.69, 9.17) is 16.0 Å². The molecule has 0 saturated heterocycles. The number of hydrogen-bond donors (Lipinski definition) is 1. The quantitative estimate of drug-likeness (QED) is 0.780. The number of amides is 1. The van der Waals surface area contributed by atoms with Crippen molar-refractivity contribution in [2.75, 3.05) is 6.54 Å². The summed E-state index contributed by atoms with van der Waals surface area (Å²) in [5.74, 6) is -0.128. The van der Waals surface area contributed by atoms with Crippen LogP contribution in [0.1, 0.15) is 16.2 Å². The number of aromatic nitrogens is 2. The lowest BCUT2D eigenvalue weighted by atomic mass is 10.1. The smallest absolute Gasteiger partial charge is 0.308 e. The number of nitrogens with one attached hydrogen (secondary N) is 1. The topological polar surface area (TPSA) is 68.0 Å². The van der Waals surface area contributed by atoms with Crippen LogP contribution >= 0.6 is 11.6 Å². The first-order valence-electron chi connectivity index (χ1n) is 7.14. The van der Waals surface area contributed by atoms with Crippen molar-refractivity contribution in [1.29, 1.82) is 0 Å². The Bertz CT molecular complexity index is 802. The minimum Gasteiger partial charge on any atom is -0.412 e. The van der Waals surface area contributed by atoms with Gasteiger partial charge >= 0.3 is 11.8 Å². The zero-order chi connectivity index (χ0) is 16.1. The van der Waals surface area contributed by atoms with Crippen LogP contribution in [0, 0.1) is 0 Å². The molecule has 1 heterocycles. The molecule has 0 unspecified atom stereocenters. The minimum absolute atomic E-state index is 0.0528. The molecule has 6 heteroatoms. The lowest BCUT2D eigenvalue weighted by molar-refractivity contribution is 0.0920. The third-order valence-corrected chi connectivity index (χ3v) is 3.65. The monoisotopic (exact) mass is 327 g/mol. The van der Waals surface area contributed by atoms with Gasteiger partial charge in [0.05, 0.1) is 0 Å². The molecular weight excluding hydrogens is 314 g/mol. The predicted octanol–water partition coefficient (Wildman–Crippen LogP) is 3.36. The summed E-state index contributed by atoms with van der Waals surface area (Å²) in [5.41, 5.74) is 1.75. The summed E-state index contributed by atoms with van der Waals surface area (Å²) in [6.07, 6.45) is 0.630. The van der Waals surface area contributed by atoms with Crippen molar-refractivity contribution in [3.05, 3.63) is 71.1 Å². The normalized spacial score (nSPS) is 10.5. The second-order valence-corrected chi connectivity index (χ2v) is 5.28. The molecule has 0 fully saturated rings. The van der Waals surface area contributed by atoms with E-state index in [1.807, 2.05) is 54.6 Å². The van der Waals surface area contributed by atoms with E-state index in [0.717, 1.165) is 11.1 Å². The molecular formula is C17H14ClN3O2. The van der Waals surface area contributed by atoms with Crippen molar-refractivity contribution in [3.8, 4) is 11.5 Å². The van der Waals surface area contributed by atoms with Crippen LogP contribution < -0.4 is 5.32 Å². The second kappa shape index (κ2) is 7.07. The summed E-state index contributed by atoms with van der Waals surface area (Å²) in [6.45, 7) is 0.436. The van der Waals surface area contributed by atoms with Gasteiger partial charge in [0.1, 0.15) is 0 Å². The molecule has 0 bridgehead atoms. The molecule has 0 saturated carbocycles. The summed E-state index contributed by atoms with van der Waals surface area (Å²) < 4.78 is 5.40. The van der Waals surface area contributed by atoms with Crippen molar-refractivity contribution in [1.82, 2.24) is 15.5 Å². The summed E-state index contributed by atoms with van der Waals surface area (Å²) in [7, 11) is 0. The van der Waals surface area contributed by atoms with Crippen LogP contribution in [-0.4, -0.2) is 22.6 Å². The minimum atomic E-state index is -0.397. The van der Waals surface area contributed by atoms with Crippen LogP contribution in [0.4, 0.5) is 0 Å². The molecule has 2 aromatic carbocycles. The molecule has 3 rings (SSSR count). The SMILES string of the molecule is O=C(NCCc1ccccc1Cl)c1nnc(-c2ccccc2)o1. The fraction of sp³-hybridized carbons (Fsp3) is 0.118. The van der Waals surface area contributed by atoms with Crippen molar-refractivity contribution < 1.29 is 9.21 Å². The highest BCUT2D eigenvalue weighted by molar-refractivity contribution is 6.31. The van der Waals surface area contributed by atoms with Gasteiger partial charge in [-0.2, -0.15) is 0 Å². The third-order valence-electron chi connectivity index (χ3n) is 3.28. The Hall–Kier alpha value is -2.66. The van der Waals surface area contributed by atoms with Crippen molar-refractivity contribution in [2.24, 2.45) is 0 Å². The lowest BCUT2D eigenvalue weighted by Gasteiger charge is -2.04. The van der Waals surface area contributed by atoms with E-state index in [9.17, 15) is 4.79 Å². The van der Waals surface area contributed by atoms with E-state index >= 15 is 0 Å². The maximum absolute atomic E-state index is 12.0. The van der Waals surface area contributed by atoms with E-state index in [0.29, 0.717) is 23.9 Å². The Kier molecular flexibility index (Phi) is 4.68. The van der Waals surface area contributed by atoms with E-state index in [-0.39, 0.29) is 5.89 Å². The molecule has 0 radical (unpaired) electrons. The van der Waals surface area contributed by atoms with Crippen LogP contribution in [-0.2, 0) is 6.42 Å². The second-order valence-electron chi connectivity index (χ2n) is 4.88. The van der Waals surface area contributed by atoms with E-state index < -0.39 is 5.91 Å². The van der Waals surface area contributed by atoms with Crippen LogP contribution in [0.3, 0.4) is 0 Å². The molecule has 0 aliphatic heterocycles. The van der Waals surface area contributed by atoms with E-state index in [1.54, 1.807) is 0 Å². The number of carbonyl (C=O) groups excluding carboxylic acids is 1. The van der Waals surface area contributed by atoms with Gasteiger partial charge in [-0.05, 0) is 30.2 Å². The summed E-state index contributed by atoms with van der Waals surface area (Å²) in [6, 6.07) is 16.8. The maximum Gasteiger partial charge on any atom is 0.308 e. The van der Waals surface area contributed by atoms with Gasteiger partial charge < -0.3 is 9.73 Å². The summed E-state index contributed by atoms with van der Waals surface area (Å²) in [5, 5.41) is 11.1. The van der Waals surface area contributed by atoms with Crippen LogP contribution in [0.25, 0.3) is 11.5 Å². The van der Waals surface area contributed by atoms with Gasteiger partial charge in [0.15, 0.2) is 0 Å². The zero-order valence-electron chi connectivity index (χ0n) is 12.2. The van der Waals surface area contributed by atoms with Gasteiger partial charge in [0.2, 0.25) is 5.89 Å².